The predicted octanol–water partition coefficient (Wildman–Crippen LogP) is 5.89. The number of carbonyl (C=O) groups is 1. The molecule has 4 aromatic rings. The third kappa shape index (κ3) is 3.49. The van der Waals surface area contributed by atoms with Gasteiger partial charge in [0.25, 0.3) is 5.91 Å². The highest BCUT2D eigenvalue weighted by Gasteiger charge is 2.47. The third-order valence-electron chi connectivity index (χ3n) is 6.93. The first kappa shape index (κ1) is 21.0. The van der Waals surface area contributed by atoms with Crippen LogP contribution in [0.3, 0.4) is 0 Å². The van der Waals surface area contributed by atoms with Crippen LogP contribution in [0.2, 0.25) is 0 Å². The Kier molecular flexibility index (Phi) is 5.37. The van der Waals surface area contributed by atoms with Gasteiger partial charge in [0.2, 0.25) is 0 Å². The average molecular weight is 472 g/mol. The Morgan fingerprint density at radius 2 is 1.91 bits per heavy atom. The molecule has 1 amide bonds. The van der Waals surface area contributed by atoms with E-state index in [0.29, 0.717) is 11.6 Å². The number of benzene rings is 1. The summed E-state index contributed by atoms with van der Waals surface area (Å²) in [6.07, 6.45) is 9.38. The summed E-state index contributed by atoms with van der Waals surface area (Å²) >= 11 is 1.51. The van der Waals surface area contributed by atoms with Crippen LogP contribution in [0.5, 0.6) is 5.75 Å². The molecule has 172 valence electrons. The minimum Gasteiger partial charge on any atom is -0.497 e. The highest BCUT2D eigenvalue weighted by Crippen LogP contribution is 2.49. The summed E-state index contributed by atoms with van der Waals surface area (Å²) in [5, 5.41) is 10.4. The zero-order chi connectivity index (χ0) is 23.1. The molecule has 1 N–H and O–H groups in total. The van der Waals surface area contributed by atoms with Gasteiger partial charge in [-0.05, 0) is 55.2 Å². The number of ether oxygens (including phenoxy) is 1. The lowest BCUT2D eigenvalue weighted by Crippen LogP contribution is -2.33. The van der Waals surface area contributed by atoms with E-state index < -0.39 is 0 Å². The van der Waals surface area contributed by atoms with Crippen molar-refractivity contribution < 1.29 is 9.53 Å². The molecule has 0 spiro atoms. The van der Waals surface area contributed by atoms with Gasteiger partial charge in [0.05, 0.1) is 24.5 Å². The molecule has 34 heavy (non-hydrogen) atoms. The van der Waals surface area contributed by atoms with Crippen LogP contribution in [-0.2, 0) is 0 Å². The number of carbonyl (C=O) groups excluding carboxylic acids is 1. The molecule has 1 saturated carbocycles. The Bertz CT molecular complexity index is 1310. The van der Waals surface area contributed by atoms with Crippen molar-refractivity contribution in [3.05, 3.63) is 65.4 Å². The molecule has 7 nitrogen and oxygen atoms in total. The van der Waals surface area contributed by atoms with E-state index in [0.717, 1.165) is 51.8 Å². The minimum atomic E-state index is -0.0773. The van der Waals surface area contributed by atoms with Crippen LogP contribution in [0.15, 0.2) is 54.2 Å². The maximum Gasteiger partial charge on any atom is 0.279 e. The van der Waals surface area contributed by atoms with Gasteiger partial charge in [-0.15, -0.1) is 11.3 Å². The van der Waals surface area contributed by atoms with Crippen molar-refractivity contribution in [2.45, 2.75) is 38.1 Å². The molecule has 0 bridgehead atoms. The van der Waals surface area contributed by atoms with Gasteiger partial charge in [-0.25, -0.2) is 4.98 Å². The Hall–Kier alpha value is -3.52. The molecule has 8 heteroatoms. The fourth-order valence-electron chi connectivity index (χ4n) is 5.27. The van der Waals surface area contributed by atoms with Crippen LogP contribution in [0.25, 0.3) is 22.5 Å². The van der Waals surface area contributed by atoms with Crippen molar-refractivity contribution in [2.24, 2.45) is 5.92 Å². The van der Waals surface area contributed by atoms with Gasteiger partial charge >= 0.3 is 0 Å². The summed E-state index contributed by atoms with van der Waals surface area (Å²) in [4.78, 5) is 24.7. The molecule has 1 aliphatic heterocycles. The number of aromatic nitrogens is 4. The first-order chi connectivity index (χ1) is 16.7. The first-order valence-electron chi connectivity index (χ1n) is 11.7. The Morgan fingerprint density at radius 3 is 2.65 bits per heavy atom. The summed E-state index contributed by atoms with van der Waals surface area (Å²) in [5.74, 6) is 1.12. The lowest BCUT2D eigenvalue weighted by molar-refractivity contribution is 0.0977. The molecule has 1 aromatic carbocycles. The van der Waals surface area contributed by atoms with Gasteiger partial charge in [0.1, 0.15) is 11.4 Å². The molecule has 0 saturated heterocycles. The van der Waals surface area contributed by atoms with Crippen LogP contribution in [-0.4, -0.2) is 33.2 Å². The molecule has 3 aromatic heterocycles. The van der Waals surface area contributed by atoms with Gasteiger partial charge in [-0.1, -0.05) is 19.3 Å². The van der Waals surface area contributed by atoms with Crippen molar-refractivity contribution in [3.8, 4) is 28.3 Å². The molecule has 6 rings (SSSR count). The number of aromatic amines is 1. The van der Waals surface area contributed by atoms with E-state index >= 15 is 0 Å². The number of hydrogen-bond donors (Lipinski definition) is 1. The molecular weight excluding hydrogens is 446 g/mol. The summed E-state index contributed by atoms with van der Waals surface area (Å²) in [6, 6.07) is 11.7. The Labute approximate surface area is 201 Å². The standard InChI is InChI=1S/C26H25N5O2S/c1-33-19-11-9-16(10-12-19)22-21-23(30-29-22)25(32)31(24(21)17-6-3-2-4-7-17)26-28-20(15-34-26)18-8-5-13-27-14-18/h5,8-15,17,24H,2-4,6-7H2,1H3,(H,29,30). The van der Waals surface area contributed by atoms with Crippen molar-refractivity contribution in [1.82, 2.24) is 20.2 Å². The predicted molar refractivity (Wildman–Crippen MR) is 132 cm³/mol. The molecule has 1 fully saturated rings. The smallest absolute Gasteiger partial charge is 0.279 e. The normalized spacial score (nSPS) is 18.3. The van der Waals surface area contributed by atoms with E-state index in [1.807, 2.05) is 46.7 Å². The minimum absolute atomic E-state index is 0.0510. The second-order valence-electron chi connectivity index (χ2n) is 8.86. The molecule has 0 radical (unpaired) electrons. The molecule has 1 aliphatic carbocycles. The van der Waals surface area contributed by atoms with Crippen LogP contribution in [0.1, 0.15) is 54.2 Å². The monoisotopic (exact) mass is 471 g/mol. The van der Waals surface area contributed by atoms with Gasteiger partial charge in [-0.2, -0.15) is 5.10 Å². The zero-order valence-corrected chi connectivity index (χ0v) is 19.7. The van der Waals surface area contributed by atoms with Crippen molar-refractivity contribution in [1.29, 1.82) is 0 Å². The first-order valence-corrected chi connectivity index (χ1v) is 12.5. The van der Waals surface area contributed by atoms with Crippen LogP contribution < -0.4 is 9.64 Å². The SMILES string of the molecule is COc1ccc(-c2n[nH]c3c2C(C2CCCCC2)N(c2nc(-c4cccnc4)cs2)C3=O)cc1. The molecule has 2 aliphatic rings. The number of thiazole rings is 1. The fourth-order valence-corrected chi connectivity index (χ4v) is 6.14. The number of amides is 1. The third-order valence-corrected chi connectivity index (χ3v) is 7.77. The number of methoxy groups -OCH3 is 1. The summed E-state index contributed by atoms with van der Waals surface area (Å²) < 4.78 is 5.32. The number of anilines is 1. The zero-order valence-electron chi connectivity index (χ0n) is 18.9. The van der Waals surface area contributed by atoms with Crippen LogP contribution >= 0.6 is 11.3 Å². The number of nitrogens with zero attached hydrogens (tertiary/aromatic N) is 4. The lowest BCUT2D eigenvalue weighted by Gasteiger charge is -2.33. The molecule has 1 atom stereocenters. The molecule has 4 heterocycles. The number of fused-ring (bicyclic) bond motifs is 1. The molecule has 1 unspecified atom stereocenters. The topological polar surface area (TPSA) is 84.0 Å². The van der Waals surface area contributed by atoms with Crippen LogP contribution in [0.4, 0.5) is 5.13 Å². The Morgan fingerprint density at radius 1 is 1.09 bits per heavy atom. The van der Waals surface area contributed by atoms with E-state index in [4.69, 9.17) is 9.72 Å². The molecular formula is C26H25N5O2S. The fraction of sp³-hybridized carbons (Fsp3) is 0.308. The van der Waals surface area contributed by atoms with E-state index in [2.05, 4.69) is 15.2 Å². The van der Waals surface area contributed by atoms with Gasteiger partial charge in [-0.3, -0.25) is 19.8 Å². The van der Waals surface area contributed by atoms with Gasteiger partial charge in [0, 0.05) is 34.5 Å². The van der Waals surface area contributed by atoms with E-state index in [1.54, 1.807) is 19.5 Å². The second kappa shape index (κ2) is 8.68. The maximum absolute atomic E-state index is 13.7. The highest BCUT2D eigenvalue weighted by atomic mass is 32.1. The quantitative estimate of drug-likeness (QED) is 0.393. The van der Waals surface area contributed by atoms with E-state index in [9.17, 15) is 4.79 Å². The van der Waals surface area contributed by atoms with Crippen molar-refractivity contribution >= 4 is 22.4 Å². The number of rotatable bonds is 5. The van der Waals surface area contributed by atoms with E-state index in [-0.39, 0.29) is 11.9 Å². The highest BCUT2D eigenvalue weighted by molar-refractivity contribution is 7.14. The number of nitrogens with one attached hydrogen (secondary N) is 1. The van der Waals surface area contributed by atoms with E-state index in [1.165, 1.54) is 30.6 Å². The van der Waals surface area contributed by atoms with Crippen molar-refractivity contribution in [2.75, 3.05) is 12.0 Å². The van der Waals surface area contributed by atoms with Gasteiger partial charge < -0.3 is 4.74 Å². The maximum atomic E-state index is 13.7. The lowest BCUT2D eigenvalue weighted by atomic mass is 9.81. The average Bonchev–Trinajstić information content (AvgIpc) is 3.61. The summed E-state index contributed by atoms with van der Waals surface area (Å²) in [7, 11) is 1.66. The number of H-pyrrole nitrogens is 1. The largest absolute Gasteiger partial charge is 0.497 e. The summed E-state index contributed by atoms with van der Waals surface area (Å²) in [5.41, 5.74) is 5.19. The van der Waals surface area contributed by atoms with Gasteiger partial charge in [0.15, 0.2) is 5.13 Å². The Balaban J connectivity index is 1.44. The second-order valence-corrected chi connectivity index (χ2v) is 9.70. The van der Waals surface area contributed by atoms with Crippen molar-refractivity contribution in [3.63, 3.8) is 0 Å². The number of pyridine rings is 1. The van der Waals surface area contributed by atoms with Crippen LogP contribution in [0, 0.1) is 5.92 Å². The summed E-state index contributed by atoms with van der Waals surface area (Å²) in [6.45, 7) is 0. The number of hydrogen-bond acceptors (Lipinski definition) is 6.